The fraction of sp³-hybridized carbons (Fsp3) is 1.00. The molecule has 0 radical (unpaired) electrons. The molecular formula is C9H22OSi2. The summed E-state index contributed by atoms with van der Waals surface area (Å²) in [6.45, 7) is 3.44. The average Bonchev–Trinajstić information content (AvgIpc) is 2.06. The Bertz CT molecular complexity index is 122. The molecule has 0 aromatic carbocycles. The molecule has 1 aliphatic rings. The van der Waals surface area contributed by atoms with Crippen LogP contribution < -0.4 is 0 Å². The maximum atomic E-state index is 5.89. The monoisotopic (exact) mass is 202 g/mol. The van der Waals surface area contributed by atoms with E-state index in [0.717, 1.165) is 6.61 Å². The van der Waals surface area contributed by atoms with Crippen LogP contribution in [-0.4, -0.2) is 31.6 Å². The third-order valence-corrected chi connectivity index (χ3v) is 5.36. The Hall–Kier alpha value is 0.394. The van der Waals surface area contributed by atoms with Crippen LogP contribution in [0.2, 0.25) is 12.6 Å². The zero-order valence-electron chi connectivity index (χ0n) is 8.57. The molecular weight excluding hydrogens is 180 g/mol. The number of hydrogen-bond donors (Lipinski definition) is 0. The lowest BCUT2D eigenvalue weighted by Gasteiger charge is -2.34. The molecule has 0 aromatic heterocycles. The van der Waals surface area contributed by atoms with Crippen LogP contribution in [0.15, 0.2) is 0 Å². The first-order valence-electron chi connectivity index (χ1n) is 5.41. The van der Waals surface area contributed by atoms with E-state index >= 15 is 0 Å². The summed E-state index contributed by atoms with van der Waals surface area (Å²) in [5.74, 6) is 0. The van der Waals surface area contributed by atoms with E-state index in [9.17, 15) is 0 Å². The van der Waals surface area contributed by atoms with Crippen LogP contribution in [0.25, 0.3) is 0 Å². The molecule has 0 N–H and O–H groups in total. The second-order valence-electron chi connectivity index (χ2n) is 4.21. The molecule has 0 spiro atoms. The number of hydrogen-bond acceptors (Lipinski definition) is 1. The van der Waals surface area contributed by atoms with Gasteiger partial charge in [0.15, 0.2) is 0 Å². The first kappa shape index (κ1) is 10.5. The normalized spacial score (nSPS) is 31.8. The van der Waals surface area contributed by atoms with Crippen molar-refractivity contribution >= 4 is 19.8 Å². The number of rotatable bonds is 4. The van der Waals surface area contributed by atoms with Gasteiger partial charge < -0.3 is 4.74 Å². The van der Waals surface area contributed by atoms with Crippen LogP contribution in [-0.2, 0) is 4.74 Å². The van der Waals surface area contributed by atoms with Gasteiger partial charge in [0.2, 0.25) is 0 Å². The van der Waals surface area contributed by atoms with Crippen molar-refractivity contribution in [3.63, 3.8) is 0 Å². The summed E-state index contributed by atoms with van der Waals surface area (Å²) in [5.41, 5.74) is 0. The molecule has 1 rings (SSSR count). The summed E-state index contributed by atoms with van der Waals surface area (Å²) in [6.07, 6.45) is 6.86. The molecule has 0 bridgehead atoms. The summed E-state index contributed by atoms with van der Waals surface area (Å²) >= 11 is 0. The van der Waals surface area contributed by atoms with Crippen LogP contribution in [0.5, 0.6) is 0 Å². The van der Waals surface area contributed by atoms with Crippen molar-refractivity contribution in [1.82, 2.24) is 0 Å². The Kier molecular flexibility index (Phi) is 4.53. The second-order valence-corrected chi connectivity index (χ2v) is 7.74. The maximum Gasteiger partial charge on any atom is 0.0485 e. The summed E-state index contributed by atoms with van der Waals surface area (Å²) in [7, 11) is 1.54. The van der Waals surface area contributed by atoms with Crippen molar-refractivity contribution in [3.8, 4) is 0 Å². The predicted molar refractivity (Wildman–Crippen MR) is 60.9 cm³/mol. The smallest absolute Gasteiger partial charge is 0.0485 e. The van der Waals surface area contributed by atoms with Crippen LogP contribution in [0.4, 0.5) is 0 Å². The van der Waals surface area contributed by atoms with E-state index in [1.165, 1.54) is 48.4 Å². The van der Waals surface area contributed by atoms with E-state index in [1.54, 1.807) is 0 Å². The molecule has 0 aliphatic carbocycles. The Morgan fingerprint density at radius 3 is 2.92 bits per heavy atom. The molecule has 0 amide bonds. The van der Waals surface area contributed by atoms with Crippen LogP contribution in [0.3, 0.4) is 0 Å². The molecule has 0 saturated carbocycles. The molecule has 1 fully saturated rings. The summed E-state index contributed by atoms with van der Waals surface area (Å²) in [5, 5.41) is 0.391. The van der Waals surface area contributed by atoms with Gasteiger partial charge in [0.25, 0.3) is 0 Å². The van der Waals surface area contributed by atoms with Gasteiger partial charge >= 0.3 is 0 Å². The van der Waals surface area contributed by atoms with Crippen molar-refractivity contribution in [2.45, 2.75) is 49.9 Å². The lowest BCUT2D eigenvalue weighted by atomic mass is 10.0. The van der Waals surface area contributed by atoms with Crippen molar-refractivity contribution in [3.05, 3.63) is 0 Å². The van der Waals surface area contributed by atoms with E-state index in [4.69, 9.17) is 4.74 Å². The summed E-state index contributed by atoms with van der Waals surface area (Å²) in [4.78, 5) is 0. The van der Waals surface area contributed by atoms with Crippen LogP contribution >= 0.6 is 0 Å². The third-order valence-electron chi connectivity index (χ3n) is 2.86. The molecule has 3 heteroatoms. The van der Waals surface area contributed by atoms with E-state index < -0.39 is 0 Å². The molecule has 0 aromatic rings. The van der Waals surface area contributed by atoms with E-state index in [0.29, 0.717) is 14.7 Å². The van der Waals surface area contributed by atoms with Gasteiger partial charge in [0, 0.05) is 31.6 Å². The standard InChI is InChI=1S/C9H22OSi2/c1-12-8-4-6-9(11)5-2-3-7-10-9/h2-8,12H2,1,11H3. The minimum Gasteiger partial charge on any atom is -0.380 e. The fourth-order valence-corrected chi connectivity index (χ4v) is 3.60. The molecule has 1 aliphatic heterocycles. The minimum absolute atomic E-state index is 0.301. The Morgan fingerprint density at radius 1 is 1.50 bits per heavy atom. The van der Waals surface area contributed by atoms with Crippen LogP contribution in [0, 0.1) is 0 Å². The lowest BCUT2D eigenvalue weighted by Crippen LogP contribution is -2.36. The maximum absolute atomic E-state index is 5.89. The van der Waals surface area contributed by atoms with Gasteiger partial charge in [-0.15, -0.1) is 0 Å². The highest BCUT2D eigenvalue weighted by Crippen LogP contribution is 2.26. The predicted octanol–water partition coefficient (Wildman–Crippen LogP) is 0.664. The summed E-state index contributed by atoms with van der Waals surface area (Å²) < 4.78 is 5.89. The first-order chi connectivity index (χ1) is 5.77. The molecule has 72 valence electrons. The van der Waals surface area contributed by atoms with Gasteiger partial charge in [0.05, 0.1) is 0 Å². The lowest BCUT2D eigenvalue weighted by molar-refractivity contribution is -0.0229. The van der Waals surface area contributed by atoms with Gasteiger partial charge in [-0.3, -0.25) is 0 Å². The minimum atomic E-state index is 0.301. The molecule has 1 atom stereocenters. The van der Waals surface area contributed by atoms with Gasteiger partial charge in [0.1, 0.15) is 0 Å². The molecule has 1 unspecified atom stereocenters. The topological polar surface area (TPSA) is 9.23 Å². The molecule has 1 nitrogen and oxygen atoms in total. The highest BCUT2D eigenvalue weighted by Gasteiger charge is 2.26. The Morgan fingerprint density at radius 2 is 2.33 bits per heavy atom. The molecule has 12 heavy (non-hydrogen) atoms. The van der Waals surface area contributed by atoms with E-state index in [1.807, 2.05) is 0 Å². The quantitative estimate of drug-likeness (QED) is 0.481. The Labute approximate surface area is 81.5 Å². The van der Waals surface area contributed by atoms with Gasteiger partial charge in [-0.2, -0.15) is 0 Å². The van der Waals surface area contributed by atoms with Gasteiger partial charge in [-0.05, 0) is 25.7 Å². The zero-order valence-corrected chi connectivity index (χ0v) is 12.0. The van der Waals surface area contributed by atoms with Crippen molar-refractivity contribution in [2.75, 3.05) is 6.61 Å². The second kappa shape index (κ2) is 5.19. The third kappa shape index (κ3) is 3.41. The highest BCUT2D eigenvalue weighted by atomic mass is 28.2. The van der Waals surface area contributed by atoms with E-state index in [-0.39, 0.29) is 0 Å². The van der Waals surface area contributed by atoms with Gasteiger partial charge in [-0.25, -0.2) is 0 Å². The largest absolute Gasteiger partial charge is 0.380 e. The average molecular weight is 202 g/mol. The number of ether oxygens (including phenoxy) is 1. The fourth-order valence-electron chi connectivity index (χ4n) is 1.94. The van der Waals surface area contributed by atoms with Crippen molar-refractivity contribution < 1.29 is 4.74 Å². The SMILES string of the molecule is C[SiH2]CCCC1([SiH3])CCCCO1. The molecule has 1 heterocycles. The molecule has 1 saturated heterocycles. The zero-order chi connectivity index (χ0) is 8.86. The highest BCUT2D eigenvalue weighted by molar-refractivity contribution is 6.33. The van der Waals surface area contributed by atoms with Gasteiger partial charge in [-0.1, -0.05) is 19.0 Å². The van der Waals surface area contributed by atoms with E-state index in [2.05, 4.69) is 6.55 Å². The van der Waals surface area contributed by atoms with Crippen molar-refractivity contribution in [1.29, 1.82) is 0 Å². The van der Waals surface area contributed by atoms with Crippen molar-refractivity contribution in [2.24, 2.45) is 0 Å². The Balaban J connectivity index is 2.17. The first-order valence-corrected chi connectivity index (χ1v) is 8.82. The van der Waals surface area contributed by atoms with Crippen LogP contribution in [0.1, 0.15) is 32.1 Å². The summed E-state index contributed by atoms with van der Waals surface area (Å²) in [6, 6.07) is 1.52.